The Hall–Kier alpha value is -1.16. The Balaban J connectivity index is 2.17. The van der Waals surface area contributed by atoms with Gasteiger partial charge < -0.3 is 10.6 Å². The van der Waals surface area contributed by atoms with Gasteiger partial charge >= 0.3 is 0 Å². The molecule has 1 heterocycles. The van der Waals surface area contributed by atoms with E-state index in [1.807, 2.05) is 31.3 Å². The fourth-order valence-corrected chi connectivity index (χ4v) is 2.63. The predicted molar refractivity (Wildman–Crippen MR) is 64.2 cm³/mol. The van der Waals surface area contributed by atoms with Crippen LogP contribution in [0.3, 0.4) is 0 Å². The lowest BCUT2D eigenvalue weighted by atomic mass is 10.1. The Morgan fingerprint density at radius 3 is 2.73 bits per heavy atom. The lowest BCUT2D eigenvalue weighted by molar-refractivity contribution is -0.120. The summed E-state index contributed by atoms with van der Waals surface area (Å²) in [5.74, 6) is 1.12. The summed E-state index contributed by atoms with van der Waals surface area (Å²) in [4.78, 5) is 11.6. The second-order valence-corrected chi connectivity index (χ2v) is 4.63. The maximum atomic E-state index is 11.6. The molecule has 4 heteroatoms. The van der Waals surface area contributed by atoms with E-state index in [1.54, 1.807) is 11.8 Å². The van der Waals surface area contributed by atoms with Crippen LogP contribution in [0.1, 0.15) is 10.8 Å². The van der Waals surface area contributed by atoms with E-state index in [1.165, 1.54) is 0 Å². The first-order valence-electron chi connectivity index (χ1n) is 4.98. The van der Waals surface area contributed by atoms with E-state index < -0.39 is 0 Å². The second-order valence-electron chi connectivity index (χ2n) is 3.41. The quantitative estimate of drug-likeness (QED) is 0.799. The van der Waals surface area contributed by atoms with E-state index >= 15 is 0 Å². The Morgan fingerprint density at radius 1 is 1.40 bits per heavy atom. The van der Waals surface area contributed by atoms with E-state index in [0.29, 0.717) is 0 Å². The van der Waals surface area contributed by atoms with Crippen molar-refractivity contribution in [2.75, 3.05) is 24.7 Å². The number of hydrogen-bond acceptors (Lipinski definition) is 3. The topological polar surface area (TPSA) is 41.1 Å². The third-order valence-corrected chi connectivity index (χ3v) is 3.69. The molecule has 2 N–H and O–H groups in total. The van der Waals surface area contributed by atoms with Gasteiger partial charge in [-0.05, 0) is 17.7 Å². The lowest BCUT2D eigenvalue weighted by Gasteiger charge is -2.21. The molecule has 0 saturated carbocycles. The third kappa shape index (κ3) is 2.26. The molecule has 1 saturated heterocycles. The maximum absolute atomic E-state index is 11.6. The molecule has 1 fully saturated rings. The number of nitrogens with one attached hydrogen (secondary N) is 2. The normalized spacial score (nSPS) is 20.9. The zero-order valence-electron chi connectivity index (χ0n) is 8.62. The first-order chi connectivity index (χ1) is 7.31. The molecular formula is C11H14N2OS. The lowest BCUT2D eigenvalue weighted by Crippen LogP contribution is -2.34. The van der Waals surface area contributed by atoms with Crippen LogP contribution >= 0.6 is 11.8 Å². The fraction of sp³-hybridized carbons (Fsp3) is 0.364. The van der Waals surface area contributed by atoms with Crippen molar-refractivity contribution in [3.63, 3.8) is 0 Å². The van der Waals surface area contributed by atoms with Crippen LogP contribution in [-0.2, 0) is 4.79 Å². The van der Waals surface area contributed by atoms with Crippen LogP contribution < -0.4 is 10.6 Å². The molecule has 1 unspecified atom stereocenters. The van der Waals surface area contributed by atoms with Crippen molar-refractivity contribution in [3.05, 3.63) is 29.8 Å². The van der Waals surface area contributed by atoms with Crippen LogP contribution in [0.15, 0.2) is 24.3 Å². The monoisotopic (exact) mass is 222 g/mol. The minimum Gasteiger partial charge on any atom is -0.388 e. The smallest absolute Gasteiger partial charge is 0.237 e. The van der Waals surface area contributed by atoms with Crippen molar-refractivity contribution >= 4 is 23.4 Å². The number of carbonyl (C=O) groups is 1. The van der Waals surface area contributed by atoms with Crippen molar-refractivity contribution < 1.29 is 4.79 Å². The Labute approximate surface area is 93.6 Å². The van der Waals surface area contributed by atoms with Crippen LogP contribution in [0.2, 0.25) is 0 Å². The highest BCUT2D eigenvalue weighted by atomic mass is 32.2. The number of carbonyl (C=O) groups excluding carboxylic acids is 1. The summed E-state index contributed by atoms with van der Waals surface area (Å²) < 4.78 is 0. The number of benzene rings is 1. The molecule has 0 aromatic heterocycles. The summed E-state index contributed by atoms with van der Waals surface area (Å²) in [6, 6.07) is 8.01. The molecule has 0 spiro atoms. The molecule has 2 rings (SSSR count). The number of amides is 1. The molecule has 1 aliphatic heterocycles. The van der Waals surface area contributed by atoms with Crippen molar-refractivity contribution in [1.29, 1.82) is 0 Å². The van der Waals surface area contributed by atoms with Crippen LogP contribution in [0.4, 0.5) is 5.69 Å². The zero-order chi connectivity index (χ0) is 10.7. The van der Waals surface area contributed by atoms with Gasteiger partial charge in [-0.2, -0.15) is 0 Å². The Kier molecular flexibility index (Phi) is 3.16. The SMILES string of the molecule is CNc1ccc(C2SCCNC2=O)cc1. The Morgan fingerprint density at radius 2 is 2.13 bits per heavy atom. The van der Waals surface area contributed by atoms with E-state index in [2.05, 4.69) is 10.6 Å². The van der Waals surface area contributed by atoms with Gasteiger partial charge in [-0.25, -0.2) is 0 Å². The molecule has 80 valence electrons. The fourth-order valence-electron chi connectivity index (χ4n) is 1.59. The standard InChI is InChI=1S/C11H14N2OS/c1-12-9-4-2-8(3-5-9)10-11(14)13-6-7-15-10/h2-5,10,12H,6-7H2,1H3,(H,13,14). The Bertz CT molecular complexity index is 350. The summed E-state index contributed by atoms with van der Waals surface area (Å²) in [6.45, 7) is 0.786. The van der Waals surface area contributed by atoms with Gasteiger partial charge in [-0.3, -0.25) is 4.79 Å². The molecule has 0 bridgehead atoms. The molecule has 1 aromatic carbocycles. The maximum Gasteiger partial charge on any atom is 0.237 e. The summed E-state index contributed by atoms with van der Waals surface area (Å²) in [6.07, 6.45) is 0. The molecule has 3 nitrogen and oxygen atoms in total. The van der Waals surface area contributed by atoms with Gasteiger partial charge in [0, 0.05) is 25.0 Å². The van der Waals surface area contributed by atoms with E-state index in [-0.39, 0.29) is 11.2 Å². The minimum absolute atomic E-state index is 0.0374. The molecule has 0 radical (unpaired) electrons. The number of anilines is 1. The number of rotatable bonds is 2. The van der Waals surface area contributed by atoms with Crippen molar-refractivity contribution in [2.45, 2.75) is 5.25 Å². The molecule has 1 aromatic rings. The number of hydrogen-bond donors (Lipinski definition) is 2. The van der Waals surface area contributed by atoms with Crippen LogP contribution in [-0.4, -0.2) is 25.3 Å². The summed E-state index contributed by atoms with van der Waals surface area (Å²) in [5, 5.41) is 5.91. The predicted octanol–water partition coefficient (Wildman–Crippen LogP) is 1.63. The highest BCUT2D eigenvalue weighted by Crippen LogP contribution is 2.31. The van der Waals surface area contributed by atoms with Crippen molar-refractivity contribution in [1.82, 2.24) is 5.32 Å². The second kappa shape index (κ2) is 4.57. The van der Waals surface area contributed by atoms with Gasteiger partial charge in [0.15, 0.2) is 0 Å². The largest absolute Gasteiger partial charge is 0.388 e. The van der Waals surface area contributed by atoms with Gasteiger partial charge in [-0.1, -0.05) is 12.1 Å². The van der Waals surface area contributed by atoms with Gasteiger partial charge in [0.1, 0.15) is 5.25 Å². The van der Waals surface area contributed by atoms with Crippen LogP contribution in [0.25, 0.3) is 0 Å². The molecule has 1 atom stereocenters. The summed E-state index contributed by atoms with van der Waals surface area (Å²) in [7, 11) is 1.89. The molecule has 15 heavy (non-hydrogen) atoms. The van der Waals surface area contributed by atoms with Gasteiger partial charge in [0.25, 0.3) is 0 Å². The first kappa shape index (κ1) is 10.4. The number of thioether (sulfide) groups is 1. The van der Waals surface area contributed by atoms with Crippen molar-refractivity contribution in [2.24, 2.45) is 0 Å². The summed E-state index contributed by atoms with van der Waals surface area (Å²) >= 11 is 1.71. The minimum atomic E-state index is -0.0374. The van der Waals surface area contributed by atoms with Crippen molar-refractivity contribution in [3.8, 4) is 0 Å². The highest BCUT2D eigenvalue weighted by molar-refractivity contribution is 8.00. The highest BCUT2D eigenvalue weighted by Gasteiger charge is 2.23. The average Bonchev–Trinajstić information content (AvgIpc) is 2.30. The van der Waals surface area contributed by atoms with E-state index in [4.69, 9.17) is 0 Å². The average molecular weight is 222 g/mol. The van der Waals surface area contributed by atoms with Gasteiger partial charge in [-0.15, -0.1) is 11.8 Å². The van der Waals surface area contributed by atoms with E-state index in [0.717, 1.165) is 23.5 Å². The molecule has 1 amide bonds. The van der Waals surface area contributed by atoms with Gasteiger partial charge in [0.2, 0.25) is 5.91 Å². The molecular weight excluding hydrogens is 208 g/mol. The van der Waals surface area contributed by atoms with Gasteiger partial charge in [0.05, 0.1) is 0 Å². The molecule has 1 aliphatic rings. The van der Waals surface area contributed by atoms with Crippen LogP contribution in [0.5, 0.6) is 0 Å². The first-order valence-corrected chi connectivity index (χ1v) is 6.03. The van der Waals surface area contributed by atoms with E-state index in [9.17, 15) is 4.79 Å². The molecule has 0 aliphatic carbocycles. The third-order valence-electron chi connectivity index (χ3n) is 2.43. The van der Waals surface area contributed by atoms with Crippen LogP contribution in [0, 0.1) is 0 Å². The summed E-state index contributed by atoms with van der Waals surface area (Å²) in [5.41, 5.74) is 2.15. The zero-order valence-corrected chi connectivity index (χ0v) is 9.43.